The first-order valence-electron chi connectivity index (χ1n) is 7.03. The molecule has 0 aliphatic rings. The van der Waals surface area contributed by atoms with Gasteiger partial charge in [0.25, 0.3) is 0 Å². The second-order valence-corrected chi connectivity index (χ2v) is 7.28. The molecule has 0 saturated heterocycles. The van der Waals surface area contributed by atoms with E-state index in [0.717, 1.165) is 5.56 Å². The van der Waals surface area contributed by atoms with Crippen LogP contribution < -0.4 is 4.74 Å². The Labute approximate surface area is 166 Å². The van der Waals surface area contributed by atoms with Crippen molar-refractivity contribution >= 4 is 67.7 Å². The standard InChI is InChI=1S/C17H10BrCl3O4/c18-15-16-11(9(7-24-16)3-14(22)23)5-13(21)17(15)25-6-8-1-2-10(19)4-12(8)20/h1-2,4-5,7H,3,6H2,(H,22,23). The molecule has 130 valence electrons. The lowest BCUT2D eigenvalue weighted by Gasteiger charge is -2.12. The first-order chi connectivity index (χ1) is 11.9. The summed E-state index contributed by atoms with van der Waals surface area (Å²) in [6.45, 7) is 0.183. The van der Waals surface area contributed by atoms with Crippen LogP contribution in [0.1, 0.15) is 11.1 Å². The maximum atomic E-state index is 10.9. The zero-order chi connectivity index (χ0) is 18.1. The van der Waals surface area contributed by atoms with Gasteiger partial charge in [0.15, 0.2) is 11.3 Å². The van der Waals surface area contributed by atoms with Crippen LogP contribution in [0.15, 0.2) is 39.4 Å². The number of rotatable bonds is 5. The third kappa shape index (κ3) is 3.90. The van der Waals surface area contributed by atoms with Crippen molar-refractivity contribution in [3.8, 4) is 5.75 Å². The summed E-state index contributed by atoms with van der Waals surface area (Å²) in [7, 11) is 0. The van der Waals surface area contributed by atoms with Crippen molar-refractivity contribution in [1.82, 2.24) is 0 Å². The van der Waals surface area contributed by atoms with Crippen LogP contribution in [0.4, 0.5) is 0 Å². The summed E-state index contributed by atoms with van der Waals surface area (Å²) >= 11 is 21.7. The molecule has 4 nitrogen and oxygen atoms in total. The molecule has 0 spiro atoms. The Morgan fingerprint density at radius 1 is 1.16 bits per heavy atom. The average Bonchev–Trinajstić information content (AvgIpc) is 2.91. The van der Waals surface area contributed by atoms with Crippen molar-refractivity contribution < 1.29 is 19.1 Å². The van der Waals surface area contributed by atoms with Gasteiger partial charge < -0.3 is 14.3 Å². The molecule has 3 rings (SSSR count). The molecule has 25 heavy (non-hydrogen) atoms. The summed E-state index contributed by atoms with van der Waals surface area (Å²) in [6, 6.07) is 6.74. The molecule has 2 aromatic carbocycles. The van der Waals surface area contributed by atoms with E-state index in [9.17, 15) is 4.79 Å². The monoisotopic (exact) mass is 462 g/mol. The molecular formula is C17H10BrCl3O4. The van der Waals surface area contributed by atoms with Crippen LogP contribution in [0.3, 0.4) is 0 Å². The van der Waals surface area contributed by atoms with E-state index in [1.54, 1.807) is 24.3 Å². The lowest BCUT2D eigenvalue weighted by molar-refractivity contribution is -0.136. The Balaban J connectivity index is 1.93. The molecule has 0 bridgehead atoms. The first kappa shape index (κ1) is 18.4. The van der Waals surface area contributed by atoms with Crippen molar-refractivity contribution in [3.05, 3.63) is 61.2 Å². The minimum atomic E-state index is -0.951. The van der Waals surface area contributed by atoms with Crippen molar-refractivity contribution in [3.63, 3.8) is 0 Å². The maximum absolute atomic E-state index is 10.9. The molecule has 0 amide bonds. The lowest BCUT2D eigenvalue weighted by atomic mass is 10.1. The molecule has 3 aromatic rings. The highest BCUT2D eigenvalue weighted by Crippen LogP contribution is 2.42. The van der Waals surface area contributed by atoms with Gasteiger partial charge in [-0.1, -0.05) is 40.9 Å². The van der Waals surface area contributed by atoms with Crippen LogP contribution in [0.5, 0.6) is 5.75 Å². The fourth-order valence-electron chi connectivity index (χ4n) is 2.35. The van der Waals surface area contributed by atoms with Gasteiger partial charge in [-0.25, -0.2) is 0 Å². The summed E-state index contributed by atoms with van der Waals surface area (Å²) in [5.41, 5.74) is 1.76. The van der Waals surface area contributed by atoms with Gasteiger partial charge in [-0.3, -0.25) is 4.79 Å². The van der Waals surface area contributed by atoms with E-state index in [4.69, 9.17) is 49.1 Å². The topological polar surface area (TPSA) is 59.7 Å². The van der Waals surface area contributed by atoms with Gasteiger partial charge in [0.1, 0.15) is 11.1 Å². The van der Waals surface area contributed by atoms with E-state index in [1.807, 2.05) is 0 Å². The van der Waals surface area contributed by atoms with Gasteiger partial charge >= 0.3 is 5.97 Å². The molecule has 8 heteroatoms. The summed E-state index contributed by atoms with van der Waals surface area (Å²) in [4.78, 5) is 10.9. The fourth-order valence-corrected chi connectivity index (χ4v) is 3.82. The fraction of sp³-hybridized carbons (Fsp3) is 0.118. The average molecular weight is 465 g/mol. The van der Waals surface area contributed by atoms with E-state index < -0.39 is 5.97 Å². The highest BCUT2D eigenvalue weighted by molar-refractivity contribution is 9.10. The number of fused-ring (bicyclic) bond motifs is 1. The predicted molar refractivity (Wildman–Crippen MR) is 101 cm³/mol. The third-order valence-corrected chi connectivity index (χ3v) is 5.11. The molecule has 1 heterocycles. The largest absolute Gasteiger partial charge is 0.486 e. The molecule has 1 aromatic heterocycles. The van der Waals surface area contributed by atoms with Gasteiger partial charge in [0.2, 0.25) is 0 Å². The Hall–Kier alpha value is -1.40. The van der Waals surface area contributed by atoms with Gasteiger partial charge in [0.05, 0.1) is 17.7 Å². The Kier molecular flexibility index (Phi) is 5.49. The number of carboxylic acids is 1. The minimum absolute atomic E-state index is 0.156. The molecule has 0 fully saturated rings. The van der Waals surface area contributed by atoms with Crippen LogP contribution in [0, 0.1) is 0 Å². The SMILES string of the molecule is O=C(O)Cc1coc2c(Br)c(OCc3ccc(Cl)cc3Cl)c(Cl)cc12. The molecule has 0 atom stereocenters. The van der Waals surface area contributed by atoms with Gasteiger partial charge in [0, 0.05) is 26.6 Å². The number of aliphatic carboxylic acids is 1. The quantitative estimate of drug-likeness (QED) is 0.477. The molecule has 0 radical (unpaired) electrons. The van der Waals surface area contributed by atoms with Gasteiger partial charge in [-0.2, -0.15) is 0 Å². The van der Waals surface area contributed by atoms with Gasteiger partial charge in [-0.05, 0) is 34.1 Å². The van der Waals surface area contributed by atoms with Crippen LogP contribution in [0.2, 0.25) is 15.1 Å². The number of ether oxygens (including phenoxy) is 1. The van der Waals surface area contributed by atoms with Crippen molar-refractivity contribution in [1.29, 1.82) is 0 Å². The van der Waals surface area contributed by atoms with Crippen molar-refractivity contribution in [2.45, 2.75) is 13.0 Å². The second-order valence-electron chi connectivity index (χ2n) is 5.23. The zero-order valence-corrected chi connectivity index (χ0v) is 16.3. The number of furan rings is 1. The molecule has 1 N–H and O–H groups in total. The Morgan fingerprint density at radius 2 is 1.92 bits per heavy atom. The predicted octanol–water partition coefficient (Wildman–Crippen LogP) is 6.36. The van der Waals surface area contributed by atoms with Crippen LogP contribution in [-0.4, -0.2) is 11.1 Å². The number of hydrogen-bond donors (Lipinski definition) is 1. The van der Waals surface area contributed by atoms with Crippen LogP contribution >= 0.6 is 50.7 Å². The van der Waals surface area contributed by atoms with E-state index in [1.165, 1.54) is 6.26 Å². The smallest absolute Gasteiger partial charge is 0.307 e. The molecule has 0 aliphatic heterocycles. The number of hydrogen-bond acceptors (Lipinski definition) is 3. The van der Waals surface area contributed by atoms with E-state index in [0.29, 0.717) is 41.8 Å². The maximum Gasteiger partial charge on any atom is 0.307 e. The Bertz CT molecular complexity index is 968. The highest BCUT2D eigenvalue weighted by atomic mass is 79.9. The summed E-state index contributed by atoms with van der Waals surface area (Å²) < 4.78 is 11.8. The third-order valence-electron chi connectivity index (χ3n) is 3.53. The molecule has 0 saturated carbocycles. The minimum Gasteiger partial charge on any atom is -0.486 e. The van der Waals surface area contributed by atoms with E-state index in [2.05, 4.69) is 15.9 Å². The van der Waals surface area contributed by atoms with Crippen molar-refractivity contribution in [2.24, 2.45) is 0 Å². The molecular weight excluding hydrogens is 454 g/mol. The molecule has 0 unspecified atom stereocenters. The lowest BCUT2D eigenvalue weighted by Crippen LogP contribution is -2.00. The van der Waals surface area contributed by atoms with Crippen molar-refractivity contribution in [2.75, 3.05) is 0 Å². The molecule has 0 aliphatic carbocycles. The normalized spacial score (nSPS) is 11.0. The summed E-state index contributed by atoms with van der Waals surface area (Å²) in [6.07, 6.45) is 1.25. The Morgan fingerprint density at radius 3 is 2.60 bits per heavy atom. The number of carbonyl (C=O) groups is 1. The summed E-state index contributed by atoms with van der Waals surface area (Å²) in [5.74, 6) is -0.566. The zero-order valence-electron chi connectivity index (χ0n) is 12.5. The second kappa shape index (κ2) is 7.46. The number of benzene rings is 2. The van der Waals surface area contributed by atoms with Crippen LogP contribution in [-0.2, 0) is 17.8 Å². The first-order valence-corrected chi connectivity index (χ1v) is 8.96. The van der Waals surface area contributed by atoms with E-state index in [-0.39, 0.29) is 13.0 Å². The summed E-state index contributed by atoms with van der Waals surface area (Å²) in [5, 5.41) is 10.9. The van der Waals surface area contributed by atoms with E-state index >= 15 is 0 Å². The van der Waals surface area contributed by atoms with Gasteiger partial charge in [-0.15, -0.1) is 0 Å². The highest BCUT2D eigenvalue weighted by Gasteiger charge is 2.19. The number of halogens is 4. The number of carboxylic acid groups (broad SMARTS) is 1. The van der Waals surface area contributed by atoms with Crippen LogP contribution in [0.25, 0.3) is 11.0 Å².